The average Bonchev–Trinajstić information content (AvgIpc) is 3.18. The largest absolute Gasteiger partial charge is 0.497 e. The number of anilines is 1. The van der Waals surface area contributed by atoms with E-state index in [0.717, 1.165) is 17.7 Å². The monoisotopic (exact) mass is 396 g/mol. The van der Waals surface area contributed by atoms with Crippen molar-refractivity contribution in [2.24, 2.45) is 0 Å². The predicted molar refractivity (Wildman–Crippen MR) is 108 cm³/mol. The minimum Gasteiger partial charge on any atom is -0.497 e. The molecule has 2 amide bonds. The molecular formula is C22H24N2O5. The number of nitrogens with zero attached hydrogens (tertiary/aromatic N) is 1. The van der Waals surface area contributed by atoms with Gasteiger partial charge in [-0.25, -0.2) is 4.79 Å². The standard InChI is InChI=1S/C22H24N2O5/c1-28-19-9-7-16(8-10-19)11-12-23-20(25)15-29-22(27)17-4-2-5-18(14-17)24-13-3-6-21(24)26/h2,4-5,7-10,14H,3,6,11-13,15H2,1H3,(H,23,25). The van der Waals surface area contributed by atoms with Crippen molar-refractivity contribution in [2.45, 2.75) is 19.3 Å². The summed E-state index contributed by atoms with van der Waals surface area (Å²) in [5.74, 6) is -0.129. The first-order chi connectivity index (χ1) is 14.1. The van der Waals surface area contributed by atoms with Crippen molar-refractivity contribution in [3.05, 3.63) is 59.7 Å². The van der Waals surface area contributed by atoms with Crippen molar-refractivity contribution in [1.82, 2.24) is 5.32 Å². The van der Waals surface area contributed by atoms with E-state index >= 15 is 0 Å². The molecule has 1 N–H and O–H groups in total. The number of nitrogens with one attached hydrogen (secondary N) is 1. The van der Waals surface area contributed by atoms with Crippen LogP contribution in [0.2, 0.25) is 0 Å². The van der Waals surface area contributed by atoms with Gasteiger partial charge in [-0.05, 0) is 48.7 Å². The van der Waals surface area contributed by atoms with Crippen molar-refractivity contribution in [2.75, 3.05) is 31.7 Å². The first-order valence-corrected chi connectivity index (χ1v) is 9.54. The number of hydrogen-bond donors (Lipinski definition) is 1. The lowest BCUT2D eigenvalue weighted by Gasteiger charge is -2.16. The Bertz CT molecular complexity index is 879. The summed E-state index contributed by atoms with van der Waals surface area (Å²) in [7, 11) is 1.61. The number of ether oxygens (including phenoxy) is 2. The fraction of sp³-hybridized carbons (Fsp3) is 0.318. The number of amides is 2. The Labute approximate surface area is 169 Å². The number of carbonyl (C=O) groups is 3. The maximum Gasteiger partial charge on any atom is 0.338 e. The van der Waals surface area contributed by atoms with Crippen LogP contribution in [-0.2, 0) is 20.7 Å². The summed E-state index contributed by atoms with van der Waals surface area (Å²) in [4.78, 5) is 37.7. The van der Waals surface area contributed by atoms with E-state index in [1.165, 1.54) is 0 Å². The quantitative estimate of drug-likeness (QED) is 0.693. The molecule has 0 atom stereocenters. The number of hydrogen-bond acceptors (Lipinski definition) is 5. The lowest BCUT2D eigenvalue weighted by Crippen LogP contribution is -2.30. The molecule has 29 heavy (non-hydrogen) atoms. The highest BCUT2D eigenvalue weighted by Crippen LogP contribution is 2.22. The van der Waals surface area contributed by atoms with E-state index in [2.05, 4.69) is 5.32 Å². The Kier molecular flexibility index (Phi) is 6.84. The van der Waals surface area contributed by atoms with Gasteiger partial charge < -0.3 is 19.7 Å². The third-order valence-electron chi connectivity index (χ3n) is 4.70. The molecule has 0 bridgehead atoms. The van der Waals surface area contributed by atoms with Crippen molar-refractivity contribution < 1.29 is 23.9 Å². The Balaban J connectivity index is 1.43. The molecule has 2 aromatic rings. The van der Waals surface area contributed by atoms with Gasteiger partial charge in [-0.2, -0.15) is 0 Å². The number of rotatable bonds is 8. The fourth-order valence-corrected chi connectivity index (χ4v) is 3.13. The summed E-state index contributed by atoms with van der Waals surface area (Å²) in [5.41, 5.74) is 2.05. The van der Waals surface area contributed by atoms with Crippen molar-refractivity contribution in [3.63, 3.8) is 0 Å². The number of benzene rings is 2. The highest BCUT2D eigenvalue weighted by atomic mass is 16.5. The van der Waals surface area contributed by atoms with Crippen LogP contribution in [0, 0.1) is 0 Å². The Morgan fingerprint density at radius 3 is 2.62 bits per heavy atom. The van der Waals surface area contributed by atoms with Crippen LogP contribution in [0.4, 0.5) is 5.69 Å². The number of esters is 1. The Morgan fingerprint density at radius 2 is 1.93 bits per heavy atom. The molecule has 1 fully saturated rings. The lowest BCUT2D eigenvalue weighted by atomic mass is 10.1. The summed E-state index contributed by atoms with van der Waals surface area (Å²) >= 11 is 0. The zero-order chi connectivity index (χ0) is 20.6. The van der Waals surface area contributed by atoms with Crippen LogP contribution in [0.15, 0.2) is 48.5 Å². The highest BCUT2D eigenvalue weighted by molar-refractivity contribution is 5.97. The van der Waals surface area contributed by atoms with E-state index in [0.29, 0.717) is 37.2 Å². The van der Waals surface area contributed by atoms with Crippen LogP contribution < -0.4 is 15.0 Å². The van der Waals surface area contributed by atoms with Gasteiger partial charge in [0.25, 0.3) is 5.91 Å². The van der Waals surface area contributed by atoms with Crippen molar-refractivity contribution in [1.29, 1.82) is 0 Å². The van der Waals surface area contributed by atoms with Gasteiger partial charge in [0.1, 0.15) is 5.75 Å². The molecule has 7 heteroatoms. The van der Waals surface area contributed by atoms with Gasteiger partial charge in [-0.15, -0.1) is 0 Å². The van der Waals surface area contributed by atoms with Crippen molar-refractivity contribution >= 4 is 23.5 Å². The molecule has 152 valence electrons. The summed E-state index contributed by atoms with van der Waals surface area (Å²) in [6.45, 7) is 0.734. The Hall–Kier alpha value is -3.35. The van der Waals surface area contributed by atoms with Crippen LogP contribution in [0.25, 0.3) is 0 Å². The molecule has 0 saturated carbocycles. The summed E-state index contributed by atoms with van der Waals surface area (Å²) in [6, 6.07) is 14.3. The molecule has 1 saturated heterocycles. The van der Waals surface area contributed by atoms with E-state index in [-0.39, 0.29) is 18.4 Å². The van der Waals surface area contributed by atoms with Gasteiger partial charge in [0.15, 0.2) is 6.61 Å². The molecule has 1 aliphatic rings. The molecule has 1 heterocycles. The van der Waals surface area contributed by atoms with E-state index in [4.69, 9.17) is 9.47 Å². The lowest BCUT2D eigenvalue weighted by molar-refractivity contribution is -0.124. The fourth-order valence-electron chi connectivity index (χ4n) is 3.13. The topological polar surface area (TPSA) is 84.9 Å². The zero-order valence-electron chi connectivity index (χ0n) is 16.3. The van der Waals surface area contributed by atoms with Gasteiger partial charge in [0.05, 0.1) is 12.7 Å². The maximum atomic E-state index is 12.2. The molecule has 0 aromatic heterocycles. The second kappa shape index (κ2) is 9.73. The molecule has 7 nitrogen and oxygen atoms in total. The van der Waals surface area contributed by atoms with Crippen LogP contribution in [0.5, 0.6) is 5.75 Å². The summed E-state index contributed by atoms with van der Waals surface area (Å²) in [6.07, 6.45) is 1.99. The SMILES string of the molecule is COc1ccc(CCNC(=O)COC(=O)c2cccc(N3CCCC3=O)c2)cc1. The predicted octanol–water partition coefficient (Wildman–Crippen LogP) is 2.34. The second-order valence-corrected chi connectivity index (χ2v) is 6.72. The van der Waals surface area contributed by atoms with Crippen LogP contribution in [0.1, 0.15) is 28.8 Å². The van der Waals surface area contributed by atoms with Gasteiger partial charge in [-0.3, -0.25) is 9.59 Å². The maximum absolute atomic E-state index is 12.2. The van der Waals surface area contributed by atoms with E-state index in [1.54, 1.807) is 36.3 Å². The average molecular weight is 396 g/mol. The van der Waals surface area contributed by atoms with E-state index in [1.807, 2.05) is 24.3 Å². The third-order valence-corrected chi connectivity index (χ3v) is 4.70. The van der Waals surface area contributed by atoms with Crippen LogP contribution in [0.3, 0.4) is 0 Å². The van der Waals surface area contributed by atoms with Gasteiger partial charge in [0.2, 0.25) is 5.91 Å². The van der Waals surface area contributed by atoms with Crippen LogP contribution in [-0.4, -0.2) is 44.6 Å². The molecule has 0 unspecified atom stereocenters. The minimum absolute atomic E-state index is 0.0479. The van der Waals surface area contributed by atoms with E-state index < -0.39 is 5.97 Å². The van der Waals surface area contributed by atoms with Gasteiger partial charge in [-0.1, -0.05) is 18.2 Å². The Morgan fingerprint density at radius 1 is 1.14 bits per heavy atom. The first-order valence-electron chi connectivity index (χ1n) is 9.54. The zero-order valence-corrected chi connectivity index (χ0v) is 16.3. The number of carbonyl (C=O) groups excluding carboxylic acids is 3. The summed E-state index contributed by atoms with van der Waals surface area (Å²) in [5, 5.41) is 2.73. The second-order valence-electron chi connectivity index (χ2n) is 6.72. The smallest absolute Gasteiger partial charge is 0.338 e. The first kappa shape index (κ1) is 20.4. The van der Waals surface area contributed by atoms with Crippen molar-refractivity contribution in [3.8, 4) is 5.75 Å². The molecule has 0 spiro atoms. The molecule has 0 aliphatic carbocycles. The molecule has 3 rings (SSSR count). The van der Waals surface area contributed by atoms with Gasteiger partial charge in [0, 0.05) is 25.2 Å². The molecular weight excluding hydrogens is 372 g/mol. The van der Waals surface area contributed by atoms with Gasteiger partial charge >= 0.3 is 5.97 Å². The minimum atomic E-state index is -0.594. The van der Waals surface area contributed by atoms with Crippen LogP contribution >= 0.6 is 0 Å². The number of methoxy groups -OCH3 is 1. The molecule has 0 radical (unpaired) electrons. The normalized spacial score (nSPS) is 13.3. The third kappa shape index (κ3) is 5.57. The molecule has 2 aromatic carbocycles. The highest BCUT2D eigenvalue weighted by Gasteiger charge is 2.22. The molecule has 1 aliphatic heterocycles. The summed E-state index contributed by atoms with van der Waals surface area (Å²) < 4.78 is 10.2. The van der Waals surface area contributed by atoms with E-state index in [9.17, 15) is 14.4 Å².